The van der Waals surface area contributed by atoms with Crippen LogP contribution in [0.4, 0.5) is 4.79 Å². The highest BCUT2D eigenvalue weighted by Gasteiger charge is 2.45. The average molecular weight is 440 g/mol. The molecule has 8 nitrogen and oxygen atoms in total. The third kappa shape index (κ3) is 3.97. The maximum Gasteiger partial charge on any atom is 0.279 e. The van der Waals surface area contributed by atoms with Gasteiger partial charge in [0, 0.05) is 38.0 Å². The lowest BCUT2D eigenvalue weighted by Gasteiger charge is -2.38. The van der Waals surface area contributed by atoms with E-state index in [1.54, 1.807) is 24.3 Å². The van der Waals surface area contributed by atoms with Gasteiger partial charge < -0.3 is 15.0 Å². The molecule has 4 rings (SSSR count). The Kier molecular flexibility index (Phi) is 5.52. The summed E-state index contributed by atoms with van der Waals surface area (Å²) in [5, 5.41) is 2.57. The van der Waals surface area contributed by atoms with Crippen LogP contribution in [0, 0.1) is 5.41 Å². The first-order chi connectivity index (χ1) is 13.8. The fraction of sp³-hybridized carbons (Fsp3) is 0.579. The minimum absolute atomic E-state index is 0.0216. The lowest BCUT2D eigenvalue weighted by Crippen LogP contribution is -2.47. The highest BCUT2D eigenvalue weighted by Crippen LogP contribution is 2.42. The van der Waals surface area contributed by atoms with E-state index in [0.717, 1.165) is 31.0 Å². The van der Waals surface area contributed by atoms with Crippen molar-refractivity contribution in [2.24, 2.45) is 5.41 Å². The molecule has 3 fully saturated rings. The molecule has 29 heavy (non-hydrogen) atoms. The number of hydrogen-bond acceptors (Lipinski definition) is 6. The van der Waals surface area contributed by atoms with Crippen molar-refractivity contribution in [2.45, 2.75) is 30.2 Å². The Morgan fingerprint density at radius 2 is 1.97 bits per heavy atom. The number of nitrogens with one attached hydrogen (secondary N) is 1. The predicted molar refractivity (Wildman–Crippen MR) is 109 cm³/mol. The van der Waals surface area contributed by atoms with Crippen molar-refractivity contribution in [1.29, 1.82) is 0 Å². The van der Waals surface area contributed by atoms with Crippen LogP contribution in [0.3, 0.4) is 0 Å². The van der Waals surface area contributed by atoms with Crippen LogP contribution in [0.25, 0.3) is 0 Å². The molecule has 158 valence electrons. The smallest absolute Gasteiger partial charge is 0.279 e. The summed E-state index contributed by atoms with van der Waals surface area (Å²) in [6.45, 7) is 2.18. The molecule has 0 aromatic heterocycles. The summed E-state index contributed by atoms with van der Waals surface area (Å²) in [5.74, 6) is 0.974. The SMILES string of the molecule is COc1cccc(S(=O)(=O)N2CCC3(CCN(C(=O)[C@@H]4CSC(=O)N4)C3)CC2)c1. The molecular formula is C19H25N3O5S2. The quantitative estimate of drug-likeness (QED) is 0.764. The number of carbonyl (C=O) groups is 2. The molecule has 0 unspecified atom stereocenters. The number of amides is 2. The van der Waals surface area contributed by atoms with Crippen molar-refractivity contribution in [1.82, 2.24) is 14.5 Å². The maximum atomic E-state index is 13.0. The first-order valence-corrected chi connectivity index (χ1v) is 12.1. The van der Waals surface area contributed by atoms with E-state index >= 15 is 0 Å². The maximum absolute atomic E-state index is 13.0. The number of carbonyl (C=O) groups excluding carboxylic acids is 2. The standard InChI is InChI=1S/C19H25N3O5S2/c1-27-14-3-2-4-15(11-14)29(25,26)22-9-6-19(7-10-22)5-8-21(13-19)17(23)16-12-28-18(24)20-16/h2-4,11,16H,5-10,12-13H2,1H3,(H,20,24)/t16-/m0/s1. The number of likely N-dealkylation sites (tertiary alicyclic amines) is 1. The van der Waals surface area contributed by atoms with Crippen LogP contribution < -0.4 is 10.1 Å². The fourth-order valence-corrected chi connectivity index (χ4v) is 6.63. The summed E-state index contributed by atoms with van der Waals surface area (Å²) in [5.41, 5.74) is -0.0359. The largest absolute Gasteiger partial charge is 0.497 e. The predicted octanol–water partition coefficient (Wildman–Crippen LogP) is 1.52. The van der Waals surface area contributed by atoms with E-state index in [0.29, 0.717) is 37.7 Å². The normalized spacial score (nSPS) is 24.7. The van der Waals surface area contributed by atoms with Gasteiger partial charge in [0.05, 0.1) is 12.0 Å². The number of methoxy groups -OCH3 is 1. The first kappa shape index (κ1) is 20.5. The molecule has 3 aliphatic heterocycles. The summed E-state index contributed by atoms with van der Waals surface area (Å²) < 4.78 is 32.7. The van der Waals surface area contributed by atoms with Gasteiger partial charge in [0.25, 0.3) is 5.24 Å². The molecular weight excluding hydrogens is 414 g/mol. The zero-order valence-electron chi connectivity index (χ0n) is 16.3. The van der Waals surface area contributed by atoms with Gasteiger partial charge in [-0.15, -0.1) is 0 Å². The van der Waals surface area contributed by atoms with Gasteiger partial charge in [-0.25, -0.2) is 8.42 Å². The molecule has 3 heterocycles. The summed E-state index contributed by atoms with van der Waals surface area (Å²) >= 11 is 1.14. The Hall–Kier alpha value is -1.78. The van der Waals surface area contributed by atoms with E-state index in [2.05, 4.69) is 5.32 Å². The van der Waals surface area contributed by atoms with Crippen LogP contribution in [0.1, 0.15) is 19.3 Å². The van der Waals surface area contributed by atoms with Crippen molar-refractivity contribution in [3.8, 4) is 5.75 Å². The third-order valence-corrected chi connectivity index (χ3v) is 8.96. The Bertz CT molecular complexity index is 912. The molecule has 1 atom stereocenters. The Morgan fingerprint density at radius 1 is 1.24 bits per heavy atom. The molecule has 0 aliphatic carbocycles. The lowest BCUT2D eigenvalue weighted by atomic mass is 9.78. The monoisotopic (exact) mass is 439 g/mol. The highest BCUT2D eigenvalue weighted by molar-refractivity contribution is 8.14. The number of rotatable bonds is 4. The van der Waals surface area contributed by atoms with Gasteiger partial charge in [-0.3, -0.25) is 9.59 Å². The van der Waals surface area contributed by atoms with Crippen LogP contribution in [-0.4, -0.2) is 73.9 Å². The van der Waals surface area contributed by atoms with Gasteiger partial charge in [0.1, 0.15) is 11.8 Å². The van der Waals surface area contributed by atoms with Crippen LogP contribution in [-0.2, 0) is 14.8 Å². The van der Waals surface area contributed by atoms with Gasteiger partial charge >= 0.3 is 0 Å². The minimum atomic E-state index is -3.57. The number of nitrogens with zero attached hydrogens (tertiary/aromatic N) is 2. The first-order valence-electron chi connectivity index (χ1n) is 9.69. The second kappa shape index (κ2) is 7.81. The molecule has 1 spiro atoms. The van der Waals surface area contributed by atoms with E-state index in [-0.39, 0.29) is 21.5 Å². The number of ether oxygens (including phenoxy) is 1. The van der Waals surface area contributed by atoms with Gasteiger partial charge in [0.15, 0.2) is 0 Å². The molecule has 0 radical (unpaired) electrons. The van der Waals surface area contributed by atoms with Crippen molar-refractivity contribution < 1.29 is 22.7 Å². The minimum Gasteiger partial charge on any atom is -0.497 e. The lowest BCUT2D eigenvalue weighted by molar-refractivity contribution is -0.132. The fourth-order valence-electron chi connectivity index (χ4n) is 4.38. The number of thioether (sulfide) groups is 1. The highest BCUT2D eigenvalue weighted by atomic mass is 32.2. The van der Waals surface area contributed by atoms with Crippen molar-refractivity contribution in [3.05, 3.63) is 24.3 Å². The van der Waals surface area contributed by atoms with E-state index in [1.165, 1.54) is 11.4 Å². The van der Waals surface area contributed by atoms with Crippen molar-refractivity contribution in [2.75, 3.05) is 39.0 Å². The zero-order chi connectivity index (χ0) is 20.6. The van der Waals surface area contributed by atoms with Crippen LogP contribution in [0.2, 0.25) is 0 Å². The molecule has 1 N–H and O–H groups in total. The van der Waals surface area contributed by atoms with Crippen molar-refractivity contribution in [3.63, 3.8) is 0 Å². The molecule has 0 saturated carbocycles. The van der Waals surface area contributed by atoms with Crippen LogP contribution >= 0.6 is 11.8 Å². The molecule has 1 aromatic rings. The third-order valence-electron chi connectivity index (χ3n) is 6.18. The average Bonchev–Trinajstić information content (AvgIpc) is 3.35. The van der Waals surface area contributed by atoms with Crippen LogP contribution in [0.5, 0.6) is 5.75 Å². The topological polar surface area (TPSA) is 96.0 Å². The Labute approximate surface area is 175 Å². The zero-order valence-corrected chi connectivity index (χ0v) is 17.9. The second-order valence-corrected chi connectivity index (χ2v) is 10.8. The summed E-state index contributed by atoms with van der Waals surface area (Å²) in [7, 11) is -2.05. The van der Waals surface area contributed by atoms with E-state index in [1.807, 2.05) is 4.90 Å². The number of piperidine rings is 1. The summed E-state index contributed by atoms with van der Waals surface area (Å²) in [6, 6.07) is 6.10. The van der Waals surface area contributed by atoms with Gasteiger partial charge in [-0.1, -0.05) is 17.8 Å². The summed E-state index contributed by atoms with van der Waals surface area (Å²) in [4.78, 5) is 26.1. The van der Waals surface area contributed by atoms with Crippen molar-refractivity contribution >= 4 is 32.9 Å². The molecule has 3 saturated heterocycles. The second-order valence-electron chi connectivity index (χ2n) is 7.89. The van der Waals surface area contributed by atoms with E-state index in [9.17, 15) is 18.0 Å². The van der Waals surface area contributed by atoms with Gasteiger partial charge in [-0.05, 0) is 36.8 Å². The molecule has 1 aromatic carbocycles. The molecule has 3 aliphatic rings. The number of sulfonamides is 1. The van der Waals surface area contributed by atoms with E-state index in [4.69, 9.17) is 4.74 Å². The Balaban J connectivity index is 1.39. The molecule has 2 amide bonds. The van der Waals surface area contributed by atoms with Gasteiger partial charge in [-0.2, -0.15) is 4.31 Å². The molecule has 10 heteroatoms. The summed E-state index contributed by atoms with van der Waals surface area (Å²) in [6.07, 6.45) is 2.33. The Morgan fingerprint density at radius 3 is 2.62 bits per heavy atom. The van der Waals surface area contributed by atoms with E-state index < -0.39 is 16.1 Å². The van der Waals surface area contributed by atoms with Gasteiger partial charge in [0.2, 0.25) is 15.9 Å². The molecule has 0 bridgehead atoms. The number of benzene rings is 1. The van der Waals surface area contributed by atoms with Crippen LogP contribution in [0.15, 0.2) is 29.2 Å². The number of hydrogen-bond donors (Lipinski definition) is 1.